The van der Waals surface area contributed by atoms with Crippen LogP contribution in [0.1, 0.15) is 37.8 Å². The number of fused-ring (bicyclic) bond motifs is 1. The molecule has 0 aliphatic rings. The fourth-order valence-corrected chi connectivity index (χ4v) is 3.26. The number of nitrogens with one attached hydrogen (secondary N) is 1. The van der Waals surface area contributed by atoms with Gasteiger partial charge >= 0.3 is 0 Å². The fourth-order valence-electron chi connectivity index (χ4n) is 2.22. The van der Waals surface area contributed by atoms with Gasteiger partial charge in [0.05, 0.1) is 10.2 Å². The van der Waals surface area contributed by atoms with Crippen molar-refractivity contribution in [3.05, 3.63) is 23.3 Å². The van der Waals surface area contributed by atoms with Crippen molar-refractivity contribution in [3.8, 4) is 0 Å². The molecule has 1 aromatic carbocycles. The number of aromatic nitrogens is 1. The molecule has 3 nitrogen and oxygen atoms in total. The van der Waals surface area contributed by atoms with E-state index in [9.17, 15) is 4.79 Å². The van der Waals surface area contributed by atoms with Crippen molar-refractivity contribution in [1.82, 2.24) is 4.98 Å². The quantitative estimate of drug-likeness (QED) is 0.905. The lowest BCUT2D eigenvalue weighted by atomic mass is 10.1. The molecule has 2 aromatic rings. The second kappa shape index (κ2) is 5.70. The van der Waals surface area contributed by atoms with Gasteiger partial charge in [-0.3, -0.25) is 4.79 Å². The Morgan fingerprint density at radius 2 is 2.16 bits per heavy atom. The van der Waals surface area contributed by atoms with Crippen LogP contribution in [-0.4, -0.2) is 10.9 Å². The Kier molecular flexibility index (Phi) is 4.20. The second-order valence-electron chi connectivity index (χ2n) is 5.13. The van der Waals surface area contributed by atoms with E-state index < -0.39 is 0 Å². The molecule has 1 aromatic heterocycles. The molecule has 4 heteroatoms. The van der Waals surface area contributed by atoms with E-state index in [-0.39, 0.29) is 11.8 Å². The zero-order valence-electron chi connectivity index (χ0n) is 11.9. The summed E-state index contributed by atoms with van der Waals surface area (Å²) in [6, 6.07) is 4.23. The van der Waals surface area contributed by atoms with Gasteiger partial charge in [-0.05, 0) is 37.5 Å². The first-order valence-corrected chi connectivity index (χ1v) is 7.51. The summed E-state index contributed by atoms with van der Waals surface area (Å²) in [5, 5.41) is 3.64. The highest BCUT2D eigenvalue weighted by atomic mass is 32.1. The number of rotatable bonds is 4. The molecule has 19 heavy (non-hydrogen) atoms. The monoisotopic (exact) mass is 276 g/mol. The minimum Gasteiger partial charge on any atom is -0.302 e. The smallest absolute Gasteiger partial charge is 0.228 e. The van der Waals surface area contributed by atoms with Gasteiger partial charge in [-0.1, -0.05) is 37.7 Å². The summed E-state index contributed by atoms with van der Waals surface area (Å²) in [7, 11) is 0. The Hall–Kier alpha value is -1.42. The normalized spacial score (nSPS) is 12.6. The molecular formula is C15H20N2OS. The fraction of sp³-hybridized carbons (Fsp3) is 0.467. The predicted octanol–water partition coefficient (Wildman–Crippen LogP) is 4.29. The van der Waals surface area contributed by atoms with Crippen LogP contribution in [-0.2, 0) is 4.79 Å². The number of anilines is 1. The molecule has 2 rings (SSSR count). The van der Waals surface area contributed by atoms with E-state index in [0.717, 1.165) is 28.6 Å². The molecule has 0 aliphatic carbocycles. The summed E-state index contributed by atoms with van der Waals surface area (Å²) in [6.45, 7) is 8.18. The van der Waals surface area contributed by atoms with Crippen molar-refractivity contribution in [1.29, 1.82) is 0 Å². The minimum atomic E-state index is 0.0415. The third-order valence-corrected chi connectivity index (χ3v) is 4.15. The van der Waals surface area contributed by atoms with Gasteiger partial charge in [0.15, 0.2) is 5.13 Å². The second-order valence-corrected chi connectivity index (χ2v) is 6.16. The molecule has 1 N–H and O–H groups in total. The minimum absolute atomic E-state index is 0.0415. The van der Waals surface area contributed by atoms with Crippen molar-refractivity contribution < 1.29 is 4.79 Å². The first kappa shape index (κ1) is 14.0. The van der Waals surface area contributed by atoms with Crippen LogP contribution in [0.15, 0.2) is 12.1 Å². The Bertz CT molecular complexity index is 603. The lowest BCUT2D eigenvalue weighted by molar-refractivity contribution is -0.119. The number of carbonyl (C=O) groups is 1. The summed E-state index contributed by atoms with van der Waals surface area (Å²) in [5.41, 5.74) is 3.38. The molecule has 0 aliphatic heterocycles. The number of carbonyl (C=O) groups excluding carboxylic acids is 1. The van der Waals surface area contributed by atoms with Gasteiger partial charge in [0.2, 0.25) is 5.91 Å². The van der Waals surface area contributed by atoms with Crippen LogP contribution in [0.3, 0.4) is 0 Å². The molecule has 1 atom stereocenters. The maximum Gasteiger partial charge on any atom is 0.228 e. The molecule has 1 amide bonds. The average molecular weight is 276 g/mol. The summed E-state index contributed by atoms with van der Waals surface area (Å²) >= 11 is 1.55. The number of benzene rings is 1. The van der Waals surface area contributed by atoms with Crippen molar-refractivity contribution in [2.75, 3.05) is 5.32 Å². The summed E-state index contributed by atoms with van der Waals surface area (Å²) in [5.74, 6) is 0.107. The number of thiazole rings is 1. The van der Waals surface area contributed by atoms with E-state index in [0.29, 0.717) is 5.13 Å². The number of hydrogen-bond acceptors (Lipinski definition) is 3. The van der Waals surface area contributed by atoms with Gasteiger partial charge in [-0.2, -0.15) is 0 Å². The van der Waals surface area contributed by atoms with Crippen LogP contribution in [0.2, 0.25) is 0 Å². The third-order valence-electron chi connectivity index (χ3n) is 3.23. The first-order valence-electron chi connectivity index (χ1n) is 6.70. The molecule has 0 saturated heterocycles. The van der Waals surface area contributed by atoms with Gasteiger partial charge in [-0.15, -0.1) is 0 Å². The van der Waals surface area contributed by atoms with Crippen LogP contribution < -0.4 is 5.32 Å². The lowest BCUT2D eigenvalue weighted by Gasteiger charge is -2.08. The lowest BCUT2D eigenvalue weighted by Crippen LogP contribution is -2.19. The zero-order valence-corrected chi connectivity index (χ0v) is 12.7. The van der Waals surface area contributed by atoms with Crippen LogP contribution in [0.25, 0.3) is 10.2 Å². The summed E-state index contributed by atoms with van der Waals surface area (Å²) in [4.78, 5) is 16.5. The number of aryl methyl sites for hydroxylation is 2. The Morgan fingerprint density at radius 1 is 1.42 bits per heavy atom. The van der Waals surface area contributed by atoms with Gasteiger partial charge in [0.1, 0.15) is 0 Å². The summed E-state index contributed by atoms with van der Waals surface area (Å²) < 4.78 is 1.14. The molecule has 102 valence electrons. The zero-order chi connectivity index (χ0) is 14.0. The van der Waals surface area contributed by atoms with Crippen LogP contribution in [0.5, 0.6) is 0 Å². The highest BCUT2D eigenvalue weighted by molar-refractivity contribution is 7.22. The van der Waals surface area contributed by atoms with Crippen molar-refractivity contribution >= 4 is 32.6 Å². The predicted molar refractivity (Wildman–Crippen MR) is 81.8 cm³/mol. The van der Waals surface area contributed by atoms with E-state index in [1.54, 1.807) is 11.3 Å². The molecule has 0 spiro atoms. The number of amides is 1. The van der Waals surface area contributed by atoms with Gasteiger partial charge in [-0.25, -0.2) is 4.98 Å². The SMILES string of the molecule is CCCC(C)C(=O)Nc1nc2c(C)cc(C)cc2s1. The van der Waals surface area contributed by atoms with Gasteiger partial charge < -0.3 is 5.32 Å². The number of hydrogen-bond donors (Lipinski definition) is 1. The van der Waals surface area contributed by atoms with Crippen molar-refractivity contribution in [2.24, 2.45) is 5.92 Å². The number of nitrogens with zero attached hydrogens (tertiary/aromatic N) is 1. The molecule has 0 radical (unpaired) electrons. The van der Waals surface area contributed by atoms with Crippen molar-refractivity contribution in [2.45, 2.75) is 40.5 Å². The maximum atomic E-state index is 12.0. The Balaban J connectivity index is 2.22. The van der Waals surface area contributed by atoms with E-state index >= 15 is 0 Å². The topological polar surface area (TPSA) is 42.0 Å². The maximum absolute atomic E-state index is 12.0. The molecule has 0 saturated carbocycles. The average Bonchev–Trinajstić information content (AvgIpc) is 2.72. The van der Waals surface area contributed by atoms with Crippen molar-refractivity contribution in [3.63, 3.8) is 0 Å². The highest BCUT2D eigenvalue weighted by Gasteiger charge is 2.14. The largest absolute Gasteiger partial charge is 0.302 e. The van der Waals surface area contributed by atoms with E-state index in [4.69, 9.17) is 0 Å². The molecular weight excluding hydrogens is 256 g/mol. The summed E-state index contributed by atoms with van der Waals surface area (Å²) in [6.07, 6.45) is 1.93. The van der Waals surface area contributed by atoms with Crippen LogP contribution in [0, 0.1) is 19.8 Å². The molecule has 1 unspecified atom stereocenters. The standard InChI is InChI=1S/C15H20N2OS/c1-5-6-10(3)14(18)17-15-16-13-11(4)7-9(2)8-12(13)19-15/h7-8,10H,5-6H2,1-4H3,(H,16,17,18). The molecule has 0 fully saturated rings. The van der Waals surface area contributed by atoms with E-state index in [1.165, 1.54) is 5.56 Å². The van der Waals surface area contributed by atoms with E-state index in [2.05, 4.69) is 43.2 Å². The first-order chi connectivity index (χ1) is 9.01. The Morgan fingerprint density at radius 3 is 2.84 bits per heavy atom. The van der Waals surface area contributed by atoms with Gasteiger partial charge in [0, 0.05) is 5.92 Å². The van der Waals surface area contributed by atoms with Crippen LogP contribution in [0.4, 0.5) is 5.13 Å². The third kappa shape index (κ3) is 3.13. The Labute approximate surface area is 118 Å². The molecule has 1 heterocycles. The molecule has 0 bridgehead atoms. The highest BCUT2D eigenvalue weighted by Crippen LogP contribution is 2.29. The van der Waals surface area contributed by atoms with Gasteiger partial charge in [0.25, 0.3) is 0 Å². The van der Waals surface area contributed by atoms with E-state index in [1.807, 2.05) is 6.92 Å². The van der Waals surface area contributed by atoms with Crippen LogP contribution >= 0.6 is 11.3 Å².